The average Bonchev–Trinajstić information content (AvgIpc) is 3.28. The van der Waals surface area contributed by atoms with E-state index in [2.05, 4.69) is 0 Å². The Bertz CT molecular complexity index is 2400. The molecule has 3 fully saturated rings. The molecule has 352 valence electrons. The summed E-state index contributed by atoms with van der Waals surface area (Å²) in [5, 5.41) is 117. The third-order valence-corrected chi connectivity index (χ3v) is 11.1. The quantitative estimate of drug-likeness (QED) is 0.0482. The maximum Gasteiger partial charge on any atom is 0.331 e. The number of hydrogen-bond acceptors (Lipinski definition) is 22. The van der Waals surface area contributed by atoms with Gasteiger partial charge in [-0.2, -0.15) is 0 Å². The van der Waals surface area contributed by atoms with Gasteiger partial charge in [0.15, 0.2) is 35.9 Å². The van der Waals surface area contributed by atoms with Crippen molar-refractivity contribution in [2.24, 2.45) is 0 Å². The molecule has 22 heteroatoms. The van der Waals surface area contributed by atoms with Crippen molar-refractivity contribution in [3.8, 4) is 45.8 Å². The van der Waals surface area contributed by atoms with Gasteiger partial charge >= 0.3 is 5.97 Å². The monoisotopic (exact) mass is 916 g/mol. The van der Waals surface area contributed by atoms with Gasteiger partial charge in [-0.15, -0.1) is 0 Å². The van der Waals surface area contributed by atoms with Crippen LogP contribution in [0.5, 0.6) is 34.5 Å². The third kappa shape index (κ3) is 9.84. The van der Waals surface area contributed by atoms with Crippen molar-refractivity contribution in [1.29, 1.82) is 0 Å². The number of phenols is 4. The molecular weight excluding hydrogens is 868 g/mol. The maximum absolute atomic E-state index is 14.0. The Morgan fingerprint density at radius 1 is 0.692 bits per heavy atom. The molecule has 11 N–H and O–H groups in total. The van der Waals surface area contributed by atoms with Crippen LogP contribution in [0, 0.1) is 0 Å². The van der Waals surface area contributed by atoms with E-state index in [9.17, 15) is 65.8 Å². The van der Waals surface area contributed by atoms with Gasteiger partial charge in [0.05, 0.1) is 25.9 Å². The predicted molar refractivity (Wildman–Crippen MR) is 217 cm³/mol. The van der Waals surface area contributed by atoms with E-state index in [1.807, 2.05) is 0 Å². The number of hydrogen-bond donors (Lipinski definition) is 11. The van der Waals surface area contributed by atoms with Gasteiger partial charge in [0.25, 0.3) is 0 Å². The van der Waals surface area contributed by atoms with Crippen LogP contribution in [0.1, 0.15) is 19.4 Å². The summed E-state index contributed by atoms with van der Waals surface area (Å²) in [6.07, 6.45) is -22.9. The highest BCUT2D eigenvalue weighted by Crippen LogP contribution is 2.40. The minimum absolute atomic E-state index is 0.00960. The predicted octanol–water partition coefficient (Wildman–Crippen LogP) is -0.562. The summed E-state index contributed by atoms with van der Waals surface area (Å²) >= 11 is 0. The van der Waals surface area contributed by atoms with Crippen molar-refractivity contribution in [2.45, 2.75) is 106 Å². The molecule has 0 bridgehead atoms. The lowest BCUT2D eigenvalue weighted by Crippen LogP contribution is -2.64. The number of aromatic hydroxyl groups is 4. The van der Waals surface area contributed by atoms with E-state index in [0.717, 1.165) is 24.3 Å². The molecule has 3 aliphatic rings. The lowest BCUT2D eigenvalue weighted by atomic mass is 9.97. The molecule has 1 aromatic heterocycles. The Kier molecular flexibility index (Phi) is 14.2. The fraction of sp³-hybridized carbons (Fsp3) is 0.442. The second kappa shape index (κ2) is 19.5. The number of fused-ring (bicyclic) bond motifs is 1. The normalized spacial score (nSPS) is 32.9. The van der Waals surface area contributed by atoms with E-state index in [0.29, 0.717) is 5.56 Å². The van der Waals surface area contributed by atoms with Crippen molar-refractivity contribution in [3.05, 3.63) is 76.5 Å². The highest BCUT2D eigenvalue weighted by atomic mass is 16.7. The number of carbonyl (C=O) groups excluding carboxylic acids is 1. The van der Waals surface area contributed by atoms with Crippen LogP contribution in [0.25, 0.3) is 28.4 Å². The zero-order valence-electron chi connectivity index (χ0n) is 34.6. The van der Waals surface area contributed by atoms with Gasteiger partial charge in [-0.25, -0.2) is 4.79 Å². The van der Waals surface area contributed by atoms with Crippen LogP contribution in [0.15, 0.2) is 69.9 Å². The molecule has 3 aromatic carbocycles. The van der Waals surface area contributed by atoms with Gasteiger partial charge in [-0.3, -0.25) is 4.79 Å². The van der Waals surface area contributed by atoms with E-state index in [-0.39, 0.29) is 22.6 Å². The van der Waals surface area contributed by atoms with Crippen molar-refractivity contribution in [1.82, 2.24) is 0 Å². The van der Waals surface area contributed by atoms with Crippen LogP contribution >= 0.6 is 0 Å². The van der Waals surface area contributed by atoms with E-state index in [1.54, 1.807) is 0 Å². The number of phenolic OH excluding ortho intramolecular Hbond substituents is 4. The lowest BCUT2D eigenvalue weighted by molar-refractivity contribution is -0.359. The average molecular weight is 917 g/mol. The summed E-state index contributed by atoms with van der Waals surface area (Å²) < 4.78 is 51.0. The third-order valence-electron chi connectivity index (χ3n) is 11.1. The molecule has 3 aliphatic heterocycles. The van der Waals surface area contributed by atoms with Crippen molar-refractivity contribution in [3.63, 3.8) is 0 Å². The molecule has 0 aliphatic carbocycles. The van der Waals surface area contributed by atoms with E-state index >= 15 is 0 Å². The first-order valence-corrected chi connectivity index (χ1v) is 20.1. The molecule has 0 radical (unpaired) electrons. The first-order chi connectivity index (χ1) is 30.9. The van der Waals surface area contributed by atoms with Crippen molar-refractivity contribution >= 4 is 23.0 Å². The molecule has 15 atom stereocenters. The molecule has 0 spiro atoms. The summed E-state index contributed by atoms with van der Waals surface area (Å²) in [4.78, 5) is 26.7. The molecule has 0 saturated carbocycles. The van der Waals surface area contributed by atoms with Gasteiger partial charge in [0.2, 0.25) is 17.5 Å². The minimum Gasteiger partial charge on any atom is -0.508 e. The molecule has 3 saturated heterocycles. The van der Waals surface area contributed by atoms with Crippen LogP contribution in [0.2, 0.25) is 0 Å². The van der Waals surface area contributed by atoms with Gasteiger partial charge in [-0.05, 0) is 55.8 Å². The van der Waals surface area contributed by atoms with Crippen LogP contribution in [-0.4, -0.2) is 168 Å². The lowest BCUT2D eigenvalue weighted by Gasteiger charge is -2.46. The number of ether oxygens (including phenoxy) is 8. The molecule has 22 nitrogen and oxygen atoms in total. The Labute approximate surface area is 367 Å². The first-order valence-electron chi connectivity index (χ1n) is 20.1. The second-order valence-corrected chi connectivity index (χ2v) is 15.6. The Hall–Kier alpha value is -5.60. The van der Waals surface area contributed by atoms with Crippen LogP contribution in [0.3, 0.4) is 0 Å². The van der Waals surface area contributed by atoms with Gasteiger partial charge in [0.1, 0.15) is 83.2 Å². The first kappa shape index (κ1) is 47.4. The Morgan fingerprint density at radius 3 is 2.03 bits per heavy atom. The molecule has 4 aromatic rings. The highest BCUT2D eigenvalue weighted by Gasteiger charge is 2.52. The van der Waals surface area contributed by atoms with Crippen LogP contribution < -0.4 is 14.9 Å². The SMILES string of the molecule is COc1cc(O)c2c(=O)c(O[C@@H]3OC(CO[C@@H]4OC(C)[C@H](O)[C@H](O[C@@H]5OC(C)[C@H](O)[C@H](OC(=O)/C=C/c6ccc(O)cc6)C5O)C4O)[C@H](O)C(O)C3O)c(-c3ccc(O)c(O)c3)oc2c1. The standard InChI is InChI=1S/C43H48O22/c1-16-30(50)39(64-43-36(56)38(29(49)17(2)60-43)63-27(48)11-6-18-4-8-20(44)9-5-18)35(55)41(59-16)58-15-26-31(51)33(53)34(54)42(62-26)65-40-32(52)28-24(47)13-21(57-3)14-25(28)61-37(40)19-7-10-22(45)23(46)12-19/h4-14,16-17,26,29-31,33-36,38-39,41-47,49-51,53-56H,15H2,1-3H3/b11-6+/t16?,17?,26?,29-,30-,31-,33?,34?,35?,36?,38-,39-,41+,42-,43-/m0/s1. The largest absolute Gasteiger partial charge is 0.508 e. The highest BCUT2D eigenvalue weighted by molar-refractivity contribution is 5.89. The number of carbonyl (C=O) groups is 1. The molecule has 4 heterocycles. The van der Waals surface area contributed by atoms with Crippen molar-refractivity contribution in [2.75, 3.05) is 13.7 Å². The second-order valence-electron chi connectivity index (χ2n) is 15.6. The van der Waals surface area contributed by atoms with E-state index in [4.69, 9.17) is 42.3 Å². The molecule has 7 unspecified atom stereocenters. The maximum atomic E-state index is 14.0. The number of aliphatic hydroxyl groups is 7. The van der Waals surface area contributed by atoms with E-state index in [1.165, 1.54) is 63.4 Å². The van der Waals surface area contributed by atoms with E-state index < -0.39 is 144 Å². The molecule has 7 rings (SSSR count). The molecule has 0 amide bonds. The number of aliphatic hydroxyl groups excluding tert-OH is 7. The molecule has 65 heavy (non-hydrogen) atoms. The number of esters is 1. The number of methoxy groups -OCH3 is 1. The summed E-state index contributed by atoms with van der Waals surface area (Å²) in [7, 11) is 1.30. The smallest absolute Gasteiger partial charge is 0.331 e. The summed E-state index contributed by atoms with van der Waals surface area (Å²) in [5.41, 5.74) is -0.717. The van der Waals surface area contributed by atoms with Gasteiger partial charge in [0, 0.05) is 23.8 Å². The van der Waals surface area contributed by atoms with Crippen molar-refractivity contribution < 1.29 is 103 Å². The topological polar surface area (TPSA) is 344 Å². The zero-order chi connectivity index (χ0) is 47.0. The van der Waals surface area contributed by atoms with Crippen LogP contribution in [-0.2, 0) is 33.2 Å². The fourth-order valence-electron chi connectivity index (χ4n) is 7.42. The minimum atomic E-state index is -2.05. The zero-order valence-corrected chi connectivity index (χ0v) is 34.6. The Morgan fingerprint density at radius 2 is 1.35 bits per heavy atom. The fourth-order valence-corrected chi connectivity index (χ4v) is 7.42. The number of rotatable bonds is 12. The number of benzene rings is 3. The summed E-state index contributed by atoms with van der Waals surface area (Å²) in [5.74, 6) is -3.67. The van der Waals surface area contributed by atoms with Gasteiger partial charge in [-0.1, -0.05) is 12.1 Å². The Balaban J connectivity index is 1.06. The van der Waals surface area contributed by atoms with Gasteiger partial charge < -0.3 is 98.5 Å². The summed E-state index contributed by atoms with van der Waals surface area (Å²) in [6.45, 7) is 2.06. The van der Waals surface area contributed by atoms with Crippen LogP contribution in [0.4, 0.5) is 0 Å². The molecular formula is C43H48O22. The summed E-state index contributed by atoms with van der Waals surface area (Å²) in [6, 6.07) is 11.6.